The second-order valence-electron chi connectivity index (χ2n) is 10.4. The van der Waals surface area contributed by atoms with E-state index in [0.29, 0.717) is 51.9 Å². The average molecular weight is 527 g/mol. The largest absolute Gasteiger partial charge is 0.497 e. The lowest BCUT2D eigenvalue weighted by Gasteiger charge is -2.41. The lowest BCUT2D eigenvalue weighted by atomic mass is 9.69. The molecule has 1 aliphatic carbocycles. The van der Waals surface area contributed by atoms with Crippen molar-refractivity contribution in [2.24, 2.45) is 0 Å². The summed E-state index contributed by atoms with van der Waals surface area (Å²) < 4.78 is 23.8. The van der Waals surface area contributed by atoms with Crippen LogP contribution in [0.1, 0.15) is 35.4 Å². The quantitative estimate of drug-likeness (QED) is 0.523. The molecule has 4 atom stereocenters. The third-order valence-corrected chi connectivity index (χ3v) is 8.70. The van der Waals surface area contributed by atoms with Crippen LogP contribution in [0.15, 0.2) is 78.0 Å². The third-order valence-electron chi connectivity index (χ3n) is 8.70. The Morgan fingerprint density at radius 2 is 1.72 bits per heavy atom. The van der Waals surface area contributed by atoms with Gasteiger partial charge in [-0.2, -0.15) is 0 Å². The van der Waals surface area contributed by atoms with Gasteiger partial charge in [-0.3, -0.25) is 4.79 Å². The highest BCUT2D eigenvalue weighted by Crippen LogP contribution is 2.70. The number of carbonyl (C=O) groups is 1. The fraction of sp³-hybridized carbons (Fsp3) is 0.323. The van der Waals surface area contributed by atoms with E-state index in [1.165, 1.54) is 0 Å². The van der Waals surface area contributed by atoms with Gasteiger partial charge in [-0.25, -0.2) is 0 Å². The van der Waals surface area contributed by atoms with E-state index in [0.717, 1.165) is 18.4 Å². The number of hydrogen-bond acceptors (Lipinski definition) is 7. The Morgan fingerprint density at radius 1 is 0.974 bits per heavy atom. The first-order valence-corrected chi connectivity index (χ1v) is 13.2. The van der Waals surface area contributed by atoms with Crippen LogP contribution in [0.5, 0.6) is 23.0 Å². The molecule has 3 aromatic carbocycles. The molecule has 0 unspecified atom stereocenters. The number of ether oxygens (including phenoxy) is 4. The number of fused-ring (bicyclic) bond motifs is 5. The van der Waals surface area contributed by atoms with Gasteiger partial charge in [0.1, 0.15) is 29.2 Å². The number of methoxy groups -OCH3 is 3. The van der Waals surface area contributed by atoms with E-state index in [1.807, 2.05) is 59.5 Å². The van der Waals surface area contributed by atoms with Crippen LogP contribution in [-0.4, -0.2) is 50.0 Å². The Morgan fingerprint density at radius 3 is 2.41 bits per heavy atom. The second kappa shape index (κ2) is 8.41. The van der Waals surface area contributed by atoms with Crippen molar-refractivity contribution >= 4 is 5.91 Å². The molecule has 8 heteroatoms. The SMILES string of the molecule is COc1ccc([C@]23Oc4cc(OC)cc(OC)c4[C@@]2(O)C2=C(C(=O)N4CCC[C@H]4N2)[C@@H]3c2ccccc2)cc1. The van der Waals surface area contributed by atoms with E-state index in [1.54, 1.807) is 33.5 Å². The van der Waals surface area contributed by atoms with Crippen LogP contribution in [0, 0.1) is 0 Å². The van der Waals surface area contributed by atoms with Crippen molar-refractivity contribution in [1.29, 1.82) is 0 Å². The molecule has 3 aliphatic heterocycles. The van der Waals surface area contributed by atoms with Gasteiger partial charge in [-0.1, -0.05) is 42.5 Å². The van der Waals surface area contributed by atoms with Crippen LogP contribution in [0.4, 0.5) is 0 Å². The Bertz CT molecular complexity index is 1500. The molecule has 0 radical (unpaired) electrons. The van der Waals surface area contributed by atoms with Gasteiger partial charge >= 0.3 is 0 Å². The molecule has 0 spiro atoms. The summed E-state index contributed by atoms with van der Waals surface area (Å²) in [5.41, 5.74) is -0.156. The number of aliphatic hydroxyl groups is 1. The predicted octanol–water partition coefficient (Wildman–Crippen LogP) is 3.79. The molecule has 0 aromatic heterocycles. The zero-order valence-electron chi connectivity index (χ0n) is 22.1. The van der Waals surface area contributed by atoms with Gasteiger partial charge in [-0.15, -0.1) is 0 Å². The number of rotatable bonds is 5. The maximum Gasteiger partial charge on any atom is 0.254 e. The predicted molar refractivity (Wildman–Crippen MR) is 143 cm³/mol. The van der Waals surface area contributed by atoms with Gasteiger partial charge in [0.15, 0.2) is 11.2 Å². The van der Waals surface area contributed by atoms with E-state index in [9.17, 15) is 9.90 Å². The fourth-order valence-corrected chi connectivity index (χ4v) is 7.05. The van der Waals surface area contributed by atoms with Gasteiger partial charge in [0, 0.05) is 24.2 Å². The minimum Gasteiger partial charge on any atom is -0.497 e. The average Bonchev–Trinajstić information content (AvgIpc) is 3.62. The van der Waals surface area contributed by atoms with Crippen LogP contribution in [0.2, 0.25) is 0 Å². The third kappa shape index (κ3) is 2.95. The molecular formula is C31H30N2O6. The highest BCUT2D eigenvalue weighted by Gasteiger charge is 2.75. The highest BCUT2D eigenvalue weighted by molar-refractivity contribution is 6.00. The number of carbonyl (C=O) groups excluding carboxylic acids is 1. The molecule has 7 rings (SSSR count). The number of nitrogens with zero attached hydrogens (tertiary/aromatic N) is 1. The molecule has 0 saturated carbocycles. The van der Waals surface area contributed by atoms with E-state index >= 15 is 0 Å². The fourth-order valence-electron chi connectivity index (χ4n) is 7.05. The number of amides is 1. The molecule has 4 aliphatic rings. The zero-order chi connectivity index (χ0) is 26.9. The summed E-state index contributed by atoms with van der Waals surface area (Å²) in [5, 5.41) is 16.9. The van der Waals surface area contributed by atoms with Gasteiger partial charge in [0.2, 0.25) is 0 Å². The zero-order valence-corrected chi connectivity index (χ0v) is 22.1. The molecule has 0 bridgehead atoms. The Kier molecular flexibility index (Phi) is 5.16. The van der Waals surface area contributed by atoms with E-state index in [-0.39, 0.29) is 12.1 Å². The number of benzene rings is 3. The molecule has 1 amide bonds. The lowest BCUT2D eigenvalue weighted by Crippen LogP contribution is -2.54. The molecular weight excluding hydrogens is 496 g/mol. The van der Waals surface area contributed by atoms with Crippen molar-refractivity contribution < 1.29 is 28.8 Å². The van der Waals surface area contributed by atoms with Gasteiger partial charge in [-0.05, 0) is 30.5 Å². The van der Waals surface area contributed by atoms with Crippen molar-refractivity contribution in [2.45, 2.75) is 36.1 Å². The Balaban J connectivity index is 1.59. The summed E-state index contributed by atoms with van der Waals surface area (Å²) in [5.74, 6) is 1.38. The van der Waals surface area contributed by atoms with Crippen molar-refractivity contribution in [3.05, 3.63) is 94.7 Å². The first-order valence-electron chi connectivity index (χ1n) is 13.2. The summed E-state index contributed by atoms with van der Waals surface area (Å²) >= 11 is 0. The number of hydrogen-bond donors (Lipinski definition) is 2. The first-order chi connectivity index (χ1) is 19.0. The van der Waals surface area contributed by atoms with Crippen LogP contribution < -0.4 is 24.3 Å². The van der Waals surface area contributed by atoms with Gasteiger partial charge in [0.05, 0.1) is 44.1 Å². The highest BCUT2D eigenvalue weighted by atomic mass is 16.5. The first kappa shape index (κ1) is 23.9. The molecule has 3 aromatic rings. The standard InChI is InChI=1S/C31H30N2O6/c1-36-20-13-11-19(12-14-20)31-26(18-8-5-4-6-9-18)25-28(32-24-10-7-15-33(24)29(25)34)30(31,35)27-22(38-3)16-21(37-2)17-23(27)39-31/h4-6,8-9,11-14,16-17,24,26,32,35H,7,10,15H2,1-3H3/t24-,26-,30+,31+/m0/s1. The number of nitrogens with one attached hydrogen (secondary N) is 1. The van der Waals surface area contributed by atoms with Crippen LogP contribution in [-0.2, 0) is 16.0 Å². The molecule has 39 heavy (non-hydrogen) atoms. The van der Waals surface area contributed by atoms with E-state index < -0.39 is 17.1 Å². The van der Waals surface area contributed by atoms with Crippen molar-refractivity contribution in [2.75, 3.05) is 27.9 Å². The minimum atomic E-state index is -1.77. The molecule has 3 heterocycles. The van der Waals surface area contributed by atoms with Crippen LogP contribution in [0.25, 0.3) is 0 Å². The molecule has 8 nitrogen and oxygen atoms in total. The van der Waals surface area contributed by atoms with Crippen LogP contribution in [0.3, 0.4) is 0 Å². The topological polar surface area (TPSA) is 89.5 Å². The molecule has 2 N–H and O–H groups in total. The summed E-state index contributed by atoms with van der Waals surface area (Å²) in [6.45, 7) is 0.667. The van der Waals surface area contributed by atoms with E-state index in [4.69, 9.17) is 18.9 Å². The molecule has 1 saturated heterocycles. The summed E-state index contributed by atoms with van der Waals surface area (Å²) in [4.78, 5) is 16.2. The smallest absolute Gasteiger partial charge is 0.254 e. The van der Waals surface area contributed by atoms with Gasteiger partial charge in [0.25, 0.3) is 5.91 Å². The lowest BCUT2D eigenvalue weighted by molar-refractivity contribution is -0.129. The summed E-state index contributed by atoms with van der Waals surface area (Å²) in [6, 6.07) is 20.8. The van der Waals surface area contributed by atoms with Crippen LogP contribution >= 0.6 is 0 Å². The molecule has 1 fully saturated rings. The van der Waals surface area contributed by atoms with E-state index in [2.05, 4.69) is 5.32 Å². The van der Waals surface area contributed by atoms with Gasteiger partial charge < -0.3 is 34.3 Å². The minimum absolute atomic E-state index is 0.0755. The monoisotopic (exact) mass is 526 g/mol. The summed E-state index contributed by atoms with van der Waals surface area (Å²) in [6.07, 6.45) is 1.50. The van der Waals surface area contributed by atoms with Crippen molar-refractivity contribution in [1.82, 2.24) is 10.2 Å². The normalized spacial score (nSPS) is 28.2. The van der Waals surface area contributed by atoms with Crippen molar-refractivity contribution in [3.8, 4) is 23.0 Å². The molecule has 200 valence electrons. The maximum absolute atomic E-state index is 14.3. The second-order valence-corrected chi connectivity index (χ2v) is 10.4. The Labute approximate surface area is 226 Å². The Hall–Kier alpha value is -4.17. The maximum atomic E-state index is 14.3. The van der Waals surface area contributed by atoms with Crippen molar-refractivity contribution in [3.63, 3.8) is 0 Å². The summed E-state index contributed by atoms with van der Waals surface area (Å²) in [7, 11) is 4.75.